The molecule has 0 aliphatic rings. The van der Waals surface area contributed by atoms with Crippen LogP contribution in [0.25, 0.3) is 0 Å². The maximum absolute atomic E-state index is 13.3. The molecule has 0 aliphatic carbocycles. The zero-order chi connectivity index (χ0) is 12.9. The molecular weight excluding hydrogens is 234 g/mol. The van der Waals surface area contributed by atoms with E-state index in [2.05, 4.69) is 5.32 Å². The summed E-state index contributed by atoms with van der Waals surface area (Å²) in [6.07, 6.45) is -4.64. The lowest BCUT2D eigenvalue weighted by Gasteiger charge is -2.15. The van der Waals surface area contributed by atoms with E-state index >= 15 is 0 Å². The Hall–Kier alpha value is -1.10. The molecule has 1 N–H and O–H groups in total. The normalized spacial score (nSPS) is 13.7. The fourth-order valence-corrected chi connectivity index (χ4v) is 1.53. The van der Waals surface area contributed by atoms with Crippen LogP contribution >= 0.6 is 0 Å². The van der Waals surface area contributed by atoms with Gasteiger partial charge in [0.25, 0.3) is 0 Å². The van der Waals surface area contributed by atoms with Crippen molar-refractivity contribution in [2.75, 3.05) is 6.54 Å². The highest BCUT2D eigenvalue weighted by molar-refractivity contribution is 5.18. The van der Waals surface area contributed by atoms with Crippen LogP contribution in [0.1, 0.15) is 18.9 Å². The van der Waals surface area contributed by atoms with Gasteiger partial charge in [-0.3, -0.25) is 0 Å². The second-order valence-corrected chi connectivity index (χ2v) is 4.02. The molecule has 1 nitrogen and oxygen atoms in total. The van der Waals surface area contributed by atoms with Gasteiger partial charge < -0.3 is 5.32 Å². The van der Waals surface area contributed by atoms with Crippen molar-refractivity contribution in [2.24, 2.45) is 0 Å². The van der Waals surface area contributed by atoms with E-state index < -0.39 is 12.6 Å². The van der Waals surface area contributed by atoms with Gasteiger partial charge in [0.15, 0.2) is 0 Å². The molecule has 96 valence electrons. The first-order chi connectivity index (χ1) is 7.88. The van der Waals surface area contributed by atoms with Crippen molar-refractivity contribution in [3.8, 4) is 0 Å². The summed E-state index contributed by atoms with van der Waals surface area (Å²) in [7, 11) is 0. The van der Waals surface area contributed by atoms with E-state index in [1.165, 1.54) is 6.07 Å². The monoisotopic (exact) mass is 249 g/mol. The van der Waals surface area contributed by atoms with Crippen LogP contribution in [0.2, 0.25) is 0 Å². The fourth-order valence-electron chi connectivity index (χ4n) is 1.53. The maximum Gasteiger partial charge on any atom is 0.390 e. The molecule has 0 heterocycles. The summed E-state index contributed by atoms with van der Waals surface area (Å²) in [5, 5.41) is 2.73. The first-order valence-electron chi connectivity index (χ1n) is 5.42. The molecule has 0 bridgehead atoms. The van der Waals surface area contributed by atoms with Gasteiger partial charge in [-0.05, 0) is 25.0 Å². The second kappa shape index (κ2) is 6.00. The van der Waals surface area contributed by atoms with E-state index in [-0.39, 0.29) is 18.4 Å². The molecular formula is C12H15F4N. The van der Waals surface area contributed by atoms with E-state index in [1.807, 2.05) is 0 Å². The average molecular weight is 249 g/mol. The molecule has 0 saturated heterocycles. The Kier molecular flexibility index (Phi) is 4.93. The number of nitrogens with one attached hydrogen (secondary N) is 1. The zero-order valence-electron chi connectivity index (χ0n) is 9.52. The molecule has 17 heavy (non-hydrogen) atoms. The van der Waals surface area contributed by atoms with E-state index in [9.17, 15) is 17.6 Å². The molecule has 0 spiro atoms. The minimum Gasteiger partial charge on any atom is -0.314 e. The molecule has 0 amide bonds. The third kappa shape index (κ3) is 5.68. The Morgan fingerprint density at radius 2 is 1.88 bits per heavy atom. The summed E-state index contributed by atoms with van der Waals surface area (Å²) in [6, 6.07) is 6.09. The van der Waals surface area contributed by atoms with Crippen LogP contribution in [0, 0.1) is 5.82 Å². The highest BCUT2D eigenvalue weighted by Crippen LogP contribution is 2.18. The molecule has 0 aliphatic heterocycles. The number of benzene rings is 1. The second-order valence-electron chi connectivity index (χ2n) is 4.02. The van der Waals surface area contributed by atoms with Crippen LogP contribution in [-0.2, 0) is 6.42 Å². The molecule has 1 atom stereocenters. The molecule has 0 fully saturated rings. The first-order valence-corrected chi connectivity index (χ1v) is 5.42. The topological polar surface area (TPSA) is 12.0 Å². The van der Waals surface area contributed by atoms with E-state index in [0.29, 0.717) is 12.0 Å². The SMILES string of the molecule is CC(Cc1ccccc1F)NCCC(F)(F)F. The van der Waals surface area contributed by atoms with E-state index in [4.69, 9.17) is 0 Å². The van der Waals surface area contributed by atoms with Crippen molar-refractivity contribution in [3.05, 3.63) is 35.6 Å². The van der Waals surface area contributed by atoms with Crippen molar-refractivity contribution in [2.45, 2.75) is 32.0 Å². The van der Waals surface area contributed by atoms with Crippen molar-refractivity contribution < 1.29 is 17.6 Å². The molecule has 1 unspecified atom stereocenters. The van der Waals surface area contributed by atoms with Gasteiger partial charge in [0.1, 0.15) is 5.82 Å². The van der Waals surface area contributed by atoms with Gasteiger partial charge >= 0.3 is 6.18 Å². The Balaban J connectivity index is 2.35. The van der Waals surface area contributed by atoms with E-state index in [1.54, 1.807) is 25.1 Å². The molecule has 1 aromatic rings. The Morgan fingerprint density at radius 3 is 2.47 bits per heavy atom. The zero-order valence-corrected chi connectivity index (χ0v) is 9.52. The number of hydrogen-bond acceptors (Lipinski definition) is 1. The number of alkyl halides is 3. The van der Waals surface area contributed by atoms with Crippen LogP contribution in [0.5, 0.6) is 0 Å². The van der Waals surface area contributed by atoms with Crippen molar-refractivity contribution in [3.63, 3.8) is 0 Å². The van der Waals surface area contributed by atoms with Crippen LogP contribution in [0.3, 0.4) is 0 Å². The summed E-state index contributed by atoms with van der Waals surface area (Å²) in [4.78, 5) is 0. The standard InChI is InChI=1S/C12H15F4N/c1-9(17-7-6-12(14,15)16)8-10-4-2-3-5-11(10)13/h2-5,9,17H,6-8H2,1H3. The van der Waals surface area contributed by atoms with Gasteiger partial charge in [-0.25, -0.2) is 4.39 Å². The van der Waals surface area contributed by atoms with Crippen LogP contribution in [0.4, 0.5) is 17.6 Å². The van der Waals surface area contributed by atoms with Gasteiger partial charge in [0.2, 0.25) is 0 Å². The lowest BCUT2D eigenvalue weighted by atomic mass is 10.1. The molecule has 5 heteroatoms. The predicted molar refractivity (Wildman–Crippen MR) is 58.2 cm³/mol. The lowest BCUT2D eigenvalue weighted by molar-refractivity contribution is -0.133. The minimum absolute atomic E-state index is 0.140. The smallest absolute Gasteiger partial charge is 0.314 e. The minimum atomic E-state index is -4.15. The predicted octanol–water partition coefficient (Wildman–Crippen LogP) is 3.30. The highest BCUT2D eigenvalue weighted by Gasteiger charge is 2.26. The van der Waals surface area contributed by atoms with E-state index in [0.717, 1.165) is 0 Å². The average Bonchev–Trinajstić information content (AvgIpc) is 2.19. The lowest BCUT2D eigenvalue weighted by Crippen LogP contribution is -2.31. The van der Waals surface area contributed by atoms with Crippen molar-refractivity contribution in [1.82, 2.24) is 5.32 Å². The number of hydrogen-bond donors (Lipinski definition) is 1. The number of rotatable bonds is 5. The third-order valence-electron chi connectivity index (χ3n) is 2.39. The van der Waals surface area contributed by atoms with Gasteiger partial charge in [-0.1, -0.05) is 18.2 Å². The highest BCUT2D eigenvalue weighted by atomic mass is 19.4. The van der Waals surface area contributed by atoms with Gasteiger partial charge in [-0.15, -0.1) is 0 Å². The molecule has 0 aromatic heterocycles. The first kappa shape index (κ1) is 14.0. The summed E-state index contributed by atoms with van der Waals surface area (Å²) in [5.74, 6) is -0.322. The Morgan fingerprint density at radius 1 is 1.24 bits per heavy atom. The van der Waals surface area contributed by atoms with Crippen molar-refractivity contribution >= 4 is 0 Å². The van der Waals surface area contributed by atoms with Gasteiger partial charge in [-0.2, -0.15) is 13.2 Å². The number of halogens is 4. The van der Waals surface area contributed by atoms with Crippen LogP contribution in [0.15, 0.2) is 24.3 Å². The Labute approximate surface area is 97.8 Å². The molecule has 1 aromatic carbocycles. The summed E-state index contributed by atoms with van der Waals surface area (Å²) >= 11 is 0. The van der Waals surface area contributed by atoms with Gasteiger partial charge in [0.05, 0.1) is 6.42 Å². The summed E-state index contributed by atoms with van der Waals surface area (Å²) < 4.78 is 48.9. The Bertz CT molecular complexity index is 349. The molecule has 0 radical (unpaired) electrons. The maximum atomic E-state index is 13.3. The summed E-state index contributed by atoms with van der Waals surface area (Å²) in [5.41, 5.74) is 0.513. The molecule has 1 rings (SSSR count). The molecule has 0 saturated carbocycles. The van der Waals surface area contributed by atoms with Crippen molar-refractivity contribution in [1.29, 1.82) is 0 Å². The quantitative estimate of drug-likeness (QED) is 0.789. The fraction of sp³-hybridized carbons (Fsp3) is 0.500. The van der Waals surface area contributed by atoms with Crippen LogP contribution < -0.4 is 5.32 Å². The largest absolute Gasteiger partial charge is 0.390 e. The van der Waals surface area contributed by atoms with Crippen LogP contribution in [-0.4, -0.2) is 18.8 Å². The van der Waals surface area contributed by atoms with Gasteiger partial charge in [0, 0.05) is 12.6 Å². The summed E-state index contributed by atoms with van der Waals surface area (Å²) in [6.45, 7) is 1.60. The third-order valence-corrected chi connectivity index (χ3v) is 2.39.